The number of guanidine groups is 2. The van der Waals surface area contributed by atoms with Crippen molar-refractivity contribution in [3.63, 3.8) is 0 Å². The molecule has 0 radical (unpaired) electrons. The zero-order valence-corrected chi connectivity index (χ0v) is 9.10. The molecular weight excluding hydrogens is 220 g/mol. The Morgan fingerprint density at radius 3 is 0.812 bits per heavy atom. The van der Waals surface area contributed by atoms with Gasteiger partial charge in [-0.05, 0) is 13.8 Å². The van der Waals surface area contributed by atoms with Crippen molar-refractivity contribution < 1.29 is 30.6 Å². The second-order valence-corrected chi connectivity index (χ2v) is 1.98. The molecule has 0 aromatic heterocycles. The van der Waals surface area contributed by atoms with Gasteiger partial charge in [0.1, 0.15) is 0 Å². The molecule has 0 unspecified atom stereocenters. The Bertz CT molecular complexity index is 165. The van der Waals surface area contributed by atoms with Gasteiger partial charge in [-0.15, -0.1) is 0 Å². The van der Waals surface area contributed by atoms with E-state index in [1.165, 1.54) is 0 Å². The SMILES string of the molecule is CC(=O)[O-].CC(=O)[O-].NC(N)=[NH2+].NC(N)=[NH2+]. The van der Waals surface area contributed by atoms with Gasteiger partial charge in [-0.25, -0.2) is 0 Å². The predicted molar refractivity (Wildman–Crippen MR) is 52.0 cm³/mol. The fourth-order valence-electron chi connectivity index (χ4n) is 0. The molecule has 0 rings (SSSR count). The first-order valence-corrected chi connectivity index (χ1v) is 3.55. The van der Waals surface area contributed by atoms with Crippen LogP contribution in [0.15, 0.2) is 0 Å². The van der Waals surface area contributed by atoms with Crippen molar-refractivity contribution in [1.82, 2.24) is 0 Å². The highest BCUT2D eigenvalue weighted by atomic mass is 16.4. The fourth-order valence-corrected chi connectivity index (χ4v) is 0. The Kier molecular flexibility index (Phi) is 26.7. The summed E-state index contributed by atoms with van der Waals surface area (Å²) >= 11 is 0. The van der Waals surface area contributed by atoms with Crippen LogP contribution in [0.4, 0.5) is 0 Å². The van der Waals surface area contributed by atoms with E-state index in [0.29, 0.717) is 0 Å². The molecular formula is C6H18N6O4. The number of aliphatic carboxylic acids is 2. The van der Waals surface area contributed by atoms with Crippen LogP contribution < -0.4 is 44.0 Å². The van der Waals surface area contributed by atoms with E-state index >= 15 is 0 Å². The molecule has 96 valence electrons. The molecule has 12 N–H and O–H groups in total. The molecule has 0 saturated carbocycles. The van der Waals surface area contributed by atoms with E-state index < -0.39 is 11.9 Å². The van der Waals surface area contributed by atoms with Gasteiger partial charge < -0.3 is 19.8 Å². The van der Waals surface area contributed by atoms with Crippen LogP contribution in [-0.2, 0) is 9.59 Å². The van der Waals surface area contributed by atoms with Gasteiger partial charge in [0, 0.05) is 11.9 Å². The molecule has 0 heterocycles. The van der Waals surface area contributed by atoms with E-state index in [1.807, 2.05) is 0 Å². The molecule has 0 spiro atoms. The van der Waals surface area contributed by atoms with Gasteiger partial charge in [0.25, 0.3) is 0 Å². The quantitative estimate of drug-likeness (QED) is 0.174. The number of rotatable bonds is 0. The van der Waals surface area contributed by atoms with E-state index in [9.17, 15) is 0 Å². The highest BCUT2D eigenvalue weighted by molar-refractivity contribution is 5.68. The summed E-state index contributed by atoms with van der Waals surface area (Å²) < 4.78 is 0. The summed E-state index contributed by atoms with van der Waals surface area (Å²) in [4.78, 5) is 17.8. The van der Waals surface area contributed by atoms with Crippen molar-refractivity contribution in [3.05, 3.63) is 0 Å². The third kappa shape index (κ3) is 199. The van der Waals surface area contributed by atoms with E-state index in [1.54, 1.807) is 0 Å². The number of nitrogens with two attached hydrogens (primary N) is 6. The Morgan fingerprint density at radius 2 is 0.812 bits per heavy atom. The maximum absolute atomic E-state index is 8.89. The summed E-state index contributed by atoms with van der Waals surface area (Å²) in [6.07, 6.45) is 0. The highest BCUT2D eigenvalue weighted by Crippen LogP contribution is 1.31. The molecule has 0 saturated heterocycles. The first-order valence-electron chi connectivity index (χ1n) is 3.55. The highest BCUT2D eigenvalue weighted by Gasteiger charge is 1.64. The van der Waals surface area contributed by atoms with Crippen LogP contribution in [-0.4, -0.2) is 23.9 Å². The van der Waals surface area contributed by atoms with Crippen molar-refractivity contribution in [2.45, 2.75) is 13.8 Å². The Labute approximate surface area is 92.2 Å². The second-order valence-electron chi connectivity index (χ2n) is 1.98. The largest absolute Gasteiger partial charge is 0.550 e. The van der Waals surface area contributed by atoms with Crippen molar-refractivity contribution >= 4 is 23.9 Å². The van der Waals surface area contributed by atoms with Gasteiger partial charge >= 0.3 is 11.9 Å². The van der Waals surface area contributed by atoms with Gasteiger partial charge in [-0.2, -0.15) is 0 Å². The van der Waals surface area contributed by atoms with Crippen molar-refractivity contribution in [1.29, 1.82) is 0 Å². The molecule has 16 heavy (non-hydrogen) atoms. The number of hydrogen-bond acceptors (Lipinski definition) is 4. The van der Waals surface area contributed by atoms with Gasteiger partial charge in [0.05, 0.1) is 0 Å². The smallest absolute Gasteiger partial charge is 0.336 e. The Hall–Kier alpha value is -2.52. The monoisotopic (exact) mass is 238 g/mol. The maximum Gasteiger partial charge on any atom is 0.336 e. The topological polar surface area (TPSA) is 236 Å². The lowest BCUT2D eigenvalue weighted by Gasteiger charge is -1.77. The predicted octanol–water partition coefficient (Wildman–Crippen LogP) is -8.45. The summed E-state index contributed by atoms with van der Waals surface area (Å²) in [7, 11) is 0. The standard InChI is InChI=1S/2C2H4O2.2CH5N3/c2*1-2(3)4;2*2-1(3)4/h2*1H3,(H,3,4);2*(H5,2,3,4). The second kappa shape index (κ2) is 18.3. The maximum atomic E-state index is 8.89. The van der Waals surface area contributed by atoms with Gasteiger partial charge in [0.2, 0.25) is 0 Å². The molecule has 0 aromatic rings. The molecule has 0 aliphatic heterocycles. The zero-order valence-electron chi connectivity index (χ0n) is 9.10. The minimum Gasteiger partial charge on any atom is -0.550 e. The third-order valence-corrected chi connectivity index (χ3v) is 0. The average molecular weight is 238 g/mol. The minimum absolute atomic E-state index is 0.0833. The fraction of sp³-hybridized carbons (Fsp3) is 0.333. The van der Waals surface area contributed by atoms with Crippen LogP contribution in [0, 0.1) is 0 Å². The Morgan fingerprint density at radius 1 is 0.812 bits per heavy atom. The summed E-state index contributed by atoms with van der Waals surface area (Å²) in [5, 5.41) is 26.9. The van der Waals surface area contributed by atoms with E-state index in [2.05, 4.69) is 33.8 Å². The van der Waals surface area contributed by atoms with Crippen LogP contribution in [0.5, 0.6) is 0 Å². The Balaban J connectivity index is -0.0000000600. The number of carbonyl (C=O) groups excluding carboxylic acids is 2. The summed E-state index contributed by atoms with van der Waals surface area (Å²) in [5.41, 5.74) is 18.3. The van der Waals surface area contributed by atoms with Crippen LogP contribution in [0.2, 0.25) is 0 Å². The number of carboxylic acid groups (broad SMARTS) is 2. The number of carboxylic acids is 2. The van der Waals surface area contributed by atoms with Crippen LogP contribution in [0.3, 0.4) is 0 Å². The normalized spacial score (nSPS) is 6.12. The summed E-state index contributed by atoms with van der Waals surface area (Å²) in [6, 6.07) is 0. The molecule has 0 aromatic carbocycles. The molecule has 10 nitrogen and oxygen atoms in total. The third-order valence-electron chi connectivity index (χ3n) is 0. The number of hydrogen-bond donors (Lipinski definition) is 6. The lowest BCUT2D eigenvalue weighted by Crippen LogP contribution is -2.51. The summed E-state index contributed by atoms with van der Waals surface area (Å²) in [6.45, 7) is 1.94. The zero-order chi connectivity index (χ0) is 14.3. The van der Waals surface area contributed by atoms with E-state index in [0.717, 1.165) is 13.8 Å². The van der Waals surface area contributed by atoms with Crippen LogP contribution in [0.1, 0.15) is 13.8 Å². The first kappa shape index (κ1) is 23.4. The van der Waals surface area contributed by atoms with E-state index in [4.69, 9.17) is 19.8 Å². The van der Waals surface area contributed by atoms with Crippen molar-refractivity contribution in [2.75, 3.05) is 0 Å². The molecule has 0 aliphatic carbocycles. The molecule has 0 bridgehead atoms. The first-order chi connectivity index (χ1) is 6.93. The van der Waals surface area contributed by atoms with Gasteiger partial charge in [0.15, 0.2) is 0 Å². The number of carbonyl (C=O) groups is 2. The molecule has 0 fully saturated rings. The molecule has 10 heteroatoms. The van der Waals surface area contributed by atoms with Crippen LogP contribution in [0.25, 0.3) is 0 Å². The minimum atomic E-state index is -1.08. The van der Waals surface area contributed by atoms with Gasteiger partial charge in [-0.3, -0.25) is 33.8 Å². The van der Waals surface area contributed by atoms with Crippen LogP contribution >= 0.6 is 0 Å². The summed E-state index contributed by atoms with van der Waals surface area (Å²) in [5.74, 6) is -2.33. The molecule has 0 atom stereocenters. The molecule has 0 aliphatic rings. The average Bonchev–Trinajstić information content (AvgIpc) is 1.76. The van der Waals surface area contributed by atoms with Crippen molar-refractivity contribution in [3.8, 4) is 0 Å². The lowest BCUT2D eigenvalue weighted by molar-refractivity contribution is -0.303. The van der Waals surface area contributed by atoms with Crippen molar-refractivity contribution in [2.24, 2.45) is 22.9 Å². The molecule has 0 amide bonds. The lowest BCUT2D eigenvalue weighted by atomic mass is 10.9. The van der Waals surface area contributed by atoms with E-state index in [-0.39, 0.29) is 11.9 Å². The van der Waals surface area contributed by atoms with Gasteiger partial charge in [-0.1, -0.05) is 0 Å².